The van der Waals surface area contributed by atoms with Gasteiger partial charge in [0.15, 0.2) is 6.61 Å². The molecule has 158 valence electrons. The summed E-state index contributed by atoms with van der Waals surface area (Å²) in [6, 6.07) is 11.7. The van der Waals surface area contributed by atoms with E-state index in [9.17, 15) is 13.2 Å². The summed E-state index contributed by atoms with van der Waals surface area (Å²) in [7, 11) is -3.78. The highest BCUT2D eigenvalue weighted by atomic mass is 79.9. The zero-order chi connectivity index (χ0) is 21.6. The number of ether oxygens (including phenoxy) is 1. The molecule has 6 nitrogen and oxygen atoms in total. The molecular formula is C20H24BrClN2O4S. The molecule has 2 rings (SSSR count). The minimum Gasteiger partial charge on any atom is -0.482 e. The average Bonchev–Trinajstić information content (AvgIpc) is 2.68. The van der Waals surface area contributed by atoms with Gasteiger partial charge in [-0.1, -0.05) is 53.5 Å². The van der Waals surface area contributed by atoms with Crippen molar-refractivity contribution in [2.24, 2.45) is 0 Å². The number of hydrogen-bond donors (Lipinski definition) is 1. The standard InChI is InChI=1S/C20H24BrClN2O4S/c1-4-24(5-2)29(26,27)19-12-17(22)10-11-18(19)28-13-20(25)23-14(3)15-6-8-16(21)9-7-15/h6-12,14H,4-5,13H2,1-3H3,(H,23,25)/t14-/m1/s1. The Bertz CT molecular complexity index is 947. The van der Waals surface area contributed by atoms with Gasteiger partial charge in [0.2, 0.25) is 10.0 Å². The Morgan fingerprint density at radius 1 is 1.17 bits per heavy atom. The van der Waals surface area contributed by atoms with Gasteiger partial charge < -0.3 is 10.1 Å². The second-order valence-corrected chi connectivity index (χ2v) is 9.57. The van der Waals surface area contributed by atoms with Crippen molar-refractivity contribution in [2.75, 3.05) is 19.7 Å². The molecule has 0 fully saturated rings. The molecule has 0 aliphatic heterocycles. The molecule has 29 heavy (non-hydrogen) atoms. The number of nitrogens with one attached hydrogen (secondary N) is 1. The van der Waals surface area contributed by atoms with Crippen molar-refractivity contribution in [1.82, 2.24) is 9.62 Å². The van der Waals surface area contributed by atoms with Gasteiger partial charge in [0, 0.05) is 22.6 Å². The lowest BCUT2D eigenvalue weighted by Crippen LogP contribution is -2.33. The number of rotatable bonds is 9. The summed E-state index contributed by atoms with van der Waals surface area (Å²) in [4.78, 5) is 12.3. The quantitative estimate of drug-likeness (QED) is 0.551. The third kappa shape index (κ3) is 6.18. The molecule has 0 bridgehead atoms. The van der Waals surface area contributed by atoms with Gasteiger partial charge in [-0.3, -0.25) is 4.79 Å². The summed E-state index contributed by atoms with van der Waals surface area (Å²) < 4.78 is 33.6. The molecule has 2 aromatic rings. The average molecular weight is 504 g/mol. The molecule has 0 radical (unpaired) electrons. The Morgan fingerprint density at radius 3 is 2.38 bits per heavy atom. The van der Waals surface area contributed by atoms with Crippen LogP contribution in [0, 0.1) is 0 Å². The van der Waals surface area contributed by atoms with Crippen LogP contribution in [0.1, 0.15) is 32.4 Å². The zero-order valence-electron chi connectivity index (χ0n) is 16.5. The van der Waals surface area contributed by atoms with Crippen LogP contribution in [0.4, 0.5) is 0 Å². The third-order valence-corrected chi connectivity index (χ3v) is 7.17. The van der Waals surface area contributed by atoms with Crippen molar-refractivity contribution >= 4 is 43.5 Å². The van der Waals surface area contributed by atoms with E-state index in [1.165, 1.54) is 22.5 Å². The number of hydrogen-bond acceptors (Lipinski definition) is 4. The van der Waals surface area contributed by atoms with Crippen LogP contribution in [-0.4, -0.2) is 38.3 Å². The normalized spacial score (nSPS) is 12.6. The van der Waals surface area contributed by atoms with E-state index in [4.69, 9.17) is 16.3 Å². The van der Waals surface area contributed by atoms with E-state index in [0.717, 1.165) is 10.0 Å². The molecule has 1 N–H and O–H groups in total. The molecular weight excluding hydrogens is 480 g/mol. The van der Waals surface area contributed by atoms with Crippen molar-refractivity contribution in [2.45, 2.75) is 31.7 Å². The van der Waals surface area contributed by atoms with Gasteiger partial charge in [0.05, 0.1) is 6.04 Å². The van der Waals surface area contributed by atoms with E-state index in [1.807, 2.05) is 31.2 Å². The van der Waals surface area contributed by atoms with Crippen molar-refractivity contribution in [3.63, 3.8) is 0 Å². The van der Waals surface area contributed by atoms with Crippen LogP contribution >= 0.6 is 27.5 Å². The van der Waals surface area contributed by atoms with Gasteiger partial charge in [0.25, 0.3) is 5.91 Å². The summed E-state index contributed by atoms with van der Waals surface area (Å²) in [5.41, 5.74) is 0.942. The fourth-order valence-electron chi connectivity index (χ4n) is 2.77. The highest BCUT2D eigenvalue weighted by molar-refractivity contribution is 9.10. The van der Waals surface area contributed by atoms with Gasteiger partial charge in [-0.2, -0.15) is 4.31 Å². The Kier molecular flexibility index (Phi) is 8.51. The van der Waals surface area contributed by atoms with Crippen LogP contribution in [0.3, 0.4) is 0 Å². The Labute approximate surface area is 185 Å². The molecule has 0 aliphatic carbocycles. The van der Waals surface area contributed by atoms with E-state index in [2.05, 4.69) is 21.2 Å². The van der Waals surface area contributed by atoms with Gasteiger partial charge in [-0.15, -0.1) is 0 Å². The number of carbonyl (C=O) groups is 1. The number of carbonyl (C=O) groups excluding carboxylic acids is 1. The minimum atomic E-state index is -3.78. The molecule has 1 atom stereocenters. The van der Waals surface area contributed by atoms with Crippen LogP contribution in [0.2, 0.25) is 5.02 Å². The minimum absolute atomic E-state index is 0.0533. The summed E-state index contributed by atoms with van der Waals surface area (Å²) in [5, 5.41) is 3.11. The summed E-state index contributed by atoms with van der Waals surface area (Å²) >= 11 is 9.38. The fraction of sp³-hybridized carbons (Fsp3) is 0.350. The van der Waals surface area contributed by atoms with Crippen molar-refractivity contribution in [1.29, 1.82) is 0 Å². The number of halogens is 2. The first-order valence-corrected chi connectivity index (χ1v) is 11.8. The summed E-state index contributed by atoms with van der Waals surface area (Å²) in [6.07, 6.45) is 0. The lowest BCUT2D eigenvalue weighted by atomic mass is 10.1. The Morgan fingerprint density at radius 2 is 1.79 bits per heavy atom. The molecule has 2 aromatic carbocycles. The highest BCUT2D eigenvalue weighted by Crippen LogP contribution is 2.30. The molecule has 0 unspecified atom stereocenters. The number of benzene rings is 2. The van der Waals surface area contributed by atoms with Crippen LogP contribution < -0.4 is 10.1 Å². The molecule has 9 heteroatoms. The zero-order valence-corrected chi connectivity index (χ0v) is 19.6. The Balaban J connectivity index is 2.12. The SMILES string of the molecule is CCN(CC)S(=O)(=O)c1cc(Cl)ccc1OCC(=O)N[C@H](C)c1ccc(Br)cc1. The lowest BCUT2D eigenvalue weighted by Gasteiger charge is -2.21. The predicted octanol–water partition coefficient (Wildman–Crippen LogP) is 4.39. The maximum atomic E-state index is 12.9. The smallest absolute Gasteiger partial charge is 0.258 e. The van der Waals surface area contributed by atoms with Gasteiger partial charge >= 0.3 is 0 Å². The lowest BCUT2D eigenvalue weighted by molar-refractivity contribution is -0.123. The van der Waals surface area contributed by atoms with Crippen LogP contribution in [0.5, 0.6) is 5.75 Å². The Hall–Kier alpha value is -1.61. The van der Waals surface area contributed by atoms with E-state index >= 15 is 0 Å². The van der Waals surface area contributed by atoms with Gasteiger partial charge in [-0.05, 0) is 42.8 Å². The third-order valence-electron chi connectivity index (χ3n) is 4.34. The van der Waals surface area contributed by atoms with Crippen molar-refractivity contribution in [3.05, 3.63) is 57.5 Å². The molecule has 0 aliphatic rings. The second-order valence-electron chi connectivity index (χ2n) is 6.31. The van der Waals surface area contributed by atoms with E-state index in [1.54, 1.807) is 13.8 Å². The largest absolute Gasteiger partial charge is 0.482 e. The first-order chi connectivity index (χ1) is 13.7. The monoisotopic (exact) mass is 502 g/mol. The van der Waals surface area contributed by atoms with Crippen LogP contribution in [0.25, 0.3) is 0 Å². The van der Waals surface area contributed by atoms with E-state index in [-0.39, 0.29) is 34.2 Å². The molecule has 0 saturated carbocycles. The topological polar surface area (TPSA) is 75.7 Å². The molecule has 0 saturated heterocycles. The molecule has 0 spiro atoms. The van der Waals surface area contributed by atoms with Crippen LogP contribution in [-0.2, 0) is 14.8 Å². The first kappa shape index (κ1) is 23.7. The van der Waals surface area contributed by atoms with Crippen molar-refractivity contribution in [3.8, 4) is 5.75 Å². The molecule has 0 aromatic heterocycles. The number of sulfonamides is 1. The summed E-state index contributed by atoms with van der Waals surface area (Å²) in [5.74, 6) is -0.269. The number of amides is 1. The fourth-order valence-corrected chi connectivity index (χ4v) is 4.88. The van der Waals surface area contributed by atoms with Gasteiger partial charge in [-0.25, -0.2) is 8.42 Å². The van der Waals surface area contributed by atoms with Crippen molar-refractivity contribution < 1.29 is 17.9 Å². The van der Waals surface area contributed by atoms with Crippen LogP contribution in [0.15, 0.2) is 51.8 Å². The summed E-state index contributed by atoms with van der Waals surface area (Å²) in [6.45, 7) is 5.68. The molecule has 1 amide bonds. The van der Waals surface area contributed by atoms with E-state index in [0.29, 0.717) is 13.1 Å². The molecule has 0 heterocycles. The van der Waals surface area contributed by atoms with E-state index < -0.39 is 10.0 Å². The maximum absolute atomic E-state index is 12.9. The van der Waals surface area contributed by atoms with Gasteiger partial charge in [0.1, 0.15) is 10.6 Å². The predicted molar refractivity (Wildman–Crippen MR) is 118 cm³/mol. The highest BCUT2D eigenvalue weighted by Gasteiger charge is 2.26. The first-order valence-electron chi connectivity index (χ1n) is 9.16. The second kappa shape index (κ2) is 10.4. The number of nitrogens with zero attached hydrogens (tertiary/aromatic N) is 1. The maximum Gasteiger partial charge on any atom is 0.258 e.